The third kappa shape index (κ3) is 71.2. The van der Waals surface area contributed by atoms with Crippen LogP contribution in [0.4, 0.5) is 0 Å². The number of ether oxygens (including phenoxy) is 4. The fraction of sp³-hybridized carbons (Fsp3) is 0.901. The summed E-state index contributed by atoms with van der Waals surface area (Å²) in [6.45, 7) is 11.9. The fourth-order valence-electron chi connectivity index (χ4n) is 11.9. The van der Waals surface area contributed by atoms with Crippen LogP contribution in [0.25, 0.3) is 0 Å². The van der Waals surface area contributed by atoms with Crippen molar-refractivity contribution < 1.29 is 80.2 Å². The van der Waals surface area contributed by atoms with Gasteiger partial charge in [0, 0.05) is 25.7 Å². The molecule has 0 aromatic carbocycles. The van der Waals surface area contributed by atoms with E-state index < -0.39 is 97.5 Å². The zero-order valence-electron chi connectivity index (χ0n) is 65.2. The van der Waals surface area contributed by atoms with E-state index in [1.54, 1.807) is 0 Å². The van der Waals surface area contributed by atoms with E-state index in [0.717, 1.165) is 127 Å². The number of carbonyl (C=O) groups excluding carboxylic acids is 4. The SMILES string of the molecule is CCCCCC/C=C\C=C/CCCCCCCC(=O)OC[C@H](COP(=O)(O)OC[C@@H](O)COP(=O)(O)OC[C@@H](COC(=O)CCCCCCCCC(C)C)OC(=O)CCCCCCCCCCCCC(C)CC)OC(=O)CCCCCCCCCCCCCCCCCCCCC(C)CC. The Morgan fingerprint density at radius 3 is 0.890 bits per heavy atom. The minimum atomic E-state index is -4.97. The quantitative estimate of drug-likeness (QED) is 0.0169. The predicted octanol–water partition coefficient (Wildman–Crippen LogP) is 23.7. The van der Waals surface area contributed by atoms with Gasteiger partial charge in [-0.1, -0.05) is 342 Å². The molecule has 100 heavy (non-hydrogen) atoms. The normalized spacial score (nSPS) is 14.7. The number of aliphatic hydroxyl groups is 1. The van der Waals surface area contributed by atoms with Crippen LogP contribution >= 0.6 is 15.6 Å². The second-order valence-electron chi connectivity index (χ2n) is 29.4. The Kier molecular flexibility index (Phi) is 69.1. The van der Waals surface area contributed by atoms with Crippen molar-refractivity contribution in [2.24, 2.45) is 17.8 Å². The van der Waals surface area contributed by atoms with Crippen LogP contribution in [0.15, 0.2) is 24.3 Å². The molecule has 0 heterocycles. The number of rotatable bonds is 77. The highest BCUT2D eigenvalue weighted by atomic mass is 31.2. The van der Waals surface area contributed by atoms with Gasteiger partial charge in [-0.15, -0.1) is 0 Å². The summed E-state index contributed by atoms with van der Waals surface area (Å²) in [6, 6.07) is 0. The summed E-state index contributed by atoms with van der Waals surface area (Å²) in [7, 11) is -9.93. The molecule has 0 aromatic heterocycles. The monoisotopic (exact) mass is 1460 g/mol. The number of unbranched alkanes of at least 4 members (excludes halogenated alkanes) is 40. The van der Waals surface area contributed by atoms with Crippen LogP contribution in [0.3, 0.4) is 0 Å². The Bertz CT molecular complexity index is 2040. The molecule has 7 atom stereocenters. The predicted molar refractivity (Wildman–Crippen MR) is 409 cm³/mol. The molecule has 0 aliphatic carbocycles. The minimum absolute atomic E-state index is 0.101. The highest BCUT2D eigenvalue weighted by Crippen LogP contribution is 2.45. The van der Waals surface area contributed by atoms with Gasteiger partial charge < -0.3 is 33.8 Å². The number of allylic oxidation sites excluding steroid dienone is 4. The van der Waals surface area contributed by atoms with Gasteiger partial charge in [-0.25, -0.2) is 9.13 Å². The molecule has 0 radical (unpaired) electrons. The number of phosphoric ester groups is 2. The molecule has 17 nitrogen and oxygen atoms in total. The molecule has 0 saturated carbocycles. The van der Waals surface area contributed by atoms with Gasteiger partial charge in [-0.3, -0.25) is 37.3 Å². The number of esters is 4. The summed E-state index contributed by atoms with van der Waals surface area (Å²) in [6.07, 6.45) is 62.0. The van der Waals surface area contributed by atoms with E-state index in [2.05, 4.69) is 72.8 Å². The number of aliphatic hydroxyl groups excluding tert-OH is 1. The summed E-state index contributed by atoms with van der Waals surface area (Å²) < 4.78 is 68.6. The third-order valence-electron chi connectivity index (χ3n) is 19.0. The van der Waals surface area contributed by atoms with Crippen molar-refractivity contribution in [1.82, 2.24) is 0 Å². The van der Waals surface area contributed by atoms with E-state index in [-0.39, 0.29) is 25.7 Å². The van der Waals surface area contributed by atoms with Crippen LogP contribution in [0.2, 0.25) is 0 Å². The summed E-state index contributed by atoms with van der Waals surface area (Å²) in [5.74, 6) is 0.204. The minimum Gasteiger partial charge on any atom is -0.462 e. The van der Waals surface area contributed by atoms with Gasteiger partial charge >= 0.3 is 39.5 Å². The first-order chi connectivity index (χ1) is 48.3. The molecule has 0 spiro atoms. The zero-order valence-corrected chi connectivity index (χ0v) is 66.9. The third-order valence-corrected chi connectivity index (χ3v) is 20.9. The van der Waals surface area contributed by atoms with Gasteiger partial charge in [0.05, 0.1) is 26.4 Å². The van der Waals surface area contributed by atoms with E-state index >= 15 is 0 Å². The largest absolute Gasteiger partial charge is 0.472 e. The van der Waals surface area contributed by atoms with E-state index in [1.165, 1.54) is 180 Å². The van der Waals surface area contributed by atoms with Gasteiger partial charge in [0.1, 0.15) is 19.3 Å². The van der Waals surface area contributed by atoms with Gasteiger partial charge in [-0.2, -0.15) is 0 Å². The molecule has 4 unspecified atom stereocenters. The lowest BCUT2D eigenvalue weighted by molar-refractivity contribution is -0.161. The average molecular weight is 1460 g/mol. The molecule has 0 aliphatic rings. The smallest absolute Gasteiger partial charge is 0.462 e. The van der Waals surface area contributed by atoms with Crippen molar-refractivity contribution in [3.05, 3.63) is 24.3 Å². The van der Waals surface area contributed by atoms with Crippen LogP contribution < -0.4 is 0 Å². The van der Waals surface area contributed by atoms with Gasteiger partial charge in [0.25, 0.3) is 0 Å². The fourth-order valence-corrected chi connectivity index (χ4v) is 13.5. The van der Waals surface area contributed by atoms with E-state index in [4.69, 9.17) is 37.0 Å². The Morgan fingerprint density at radius 2 is 0.590 bits per heavy atom. The average Bonchev–Trinajstić information content (AvgIpc) is 0.940. The lowest BCUT2D eigenvalue weighted by Gasteiger charge is -2.21. The maximum Gasteiger partial charge on any atom is 0.472 e. The number of hydrogen-bond acceptors (Lipinski definition) is 15. The molecule has 0 rings (SSSR count). The summed E-state index contributed by atoms with van der Waals surface area (Å²) in [4.78, 5) is 72.9. The number of carbonyl (C=O) groups is 4. The summed E-state index contributed by atoms with van der Waals surface area (Å²) in [5.41, 5.74) is 0. The Hall–Kier alpha value is -2.46. The van der Waals surface area contributed by atoms with Crippen LogP contribution in [-0.4, -0.2) is 96.7 Å². The van der Waals surface area contributed by atoms with Crippen LogP contribution in [0.1, 0.15) is 395 Å². The Labute approximate surface area is 612 Å². The van der Waals surface area contributed by atoms with E-state index in [0.29, 0.717) is 31.6 Å². The first-order valence-corrected chi connectivity index (χ1v) is 44.2. The molecule has 3 N–H and O–H groups in total. The molecule has 0 aliphatic heterocycles. The molecule has 0 amide bonds. The van der Waals surface area contributed by atoms with Crippen LogP contribution in [-0.2, 0) is 65.4 Å². The second-order valence-corrected chi connectivity index (χ2v) is 32.3. The zero-order chi connectivity index (χ0) is 73.7. The molecule has 0 saturated heterocycles. The van der Waals surface area contributed by atoms with Crippen molar-refractivity contribution in [3.8, 4) is 0 Å². The summed E-state index contributed by atoms with van der Waals surface area (Å²) in [5, 5.41) is 10.6. The first-order valence-electron chi connectivity index (χ1n) is 41.2. The Balaban J connectivity index is 5.24. The summed E-state index contributed by atoms with van der Waals surface area (Å²) >= 11 is 0. The van der Waals surface area contributed by atoms with E-state index in [1.807, 2.05) is 0 Å². The Morgan fingerprint density at radius 1 is 0.330 bits per heavy atom. The maximum absolute atomic E-state index is 13.1. The molecule has 19 heteroatoms. The standard InChI is InChI=1S/C81H154O17P2/c1-8-11-12-13-14-15-16-17-22-26-29-35-40-48-55-62-78(83)91-68-76(97-80(85)64-57-50-41-36-30-27-24-21-19-18-20-23-25-28-33-38-46-53-60-73(6)9-2)70-95-99(87,88)93-66-75(82)67-94-100(89,90)96-71-77(69-92-79(84)63-56-49-44-43-45-52-59-72(4)5)98-81(86)65-58-51-42-37-32-31-34-39-47-54-61-74(7)10-3/h15-17,22,72-77,82H,8-14,18-21,23-71H2,1-7H3,(H,87,88)(H,89,90)/b16-15-,22-17-/t73?,74?,75-,76-,77-/m1/s1. The topological polar surface area (TPSA) is 237 Å². The van der Waals surface area contributed by atoms with Crippen molar-refractivity contribution in [1.29, 1.82) is 0 Å². The lowest BCUT2D eigenvalue weighted by atomic mass is 9.99. The molecular weight excluding hydrogens is 1310 g/mol. The van der Waals surface area contributed by atoms with Crippen LogP contribution in [0.5, 0.6) is 0 Å². The molecule has 590 valence electrons. The highest BCUT2D eigenvalue weighted by Gasteiger charge is 2.30. The second kappa shape index (κ2) is 70.8. The number of hydrogen-bond donors (Lipinski definition) is 3. The van der Waals surface area contributed by atoms with Crippen molar-refractivity contribution in [3.63, 3.8) is 0 Å². The van der Waals surface area contributed by atoms with Crippen molar-refractivity contribution in [2.75, 3.05) is 39.6 Å². The van der Waals surface area contributed by atoms with Gasteiger partial charge in [0.15, 0.2) is 12.2 Å². The van der Waals surface area contributed by atoms with Crippen molar-refractivity contribution in [2.45, 2.75) is 414 Å². The number of phosphoric acid groups is 2. The first kappa shape index (κ1) is 97.5. The molecule has 0 aromatic rings. The van der Waals surface area contributed by atoms with Gasteiger partial charge in [-0.05, 0) is 69.1 Å². The molecule has 0 bridgehead atoms. The van der Waals surface area contributed by atoms with Gasteiger partial charge in [0.2, 0.25) is 0 Å². The van der Waals surface area contributed by atoms with E-state index in [9.17, 15) is 43.2 Å². The highest BCUT2D eigenvalue weighted by molar-refractivity contribution is 7.47. The molecule has 0 fully saturated rings. The molecular formula is C81H154O17P2. The maximum atomic E-state index is 13.1. The lowest BCUT2D eigenvalue weighted by Crippen LogP contribution is -2.30. The van der Waals surface area contributed by atoms with Crippen LogP contribution in [0, 0.1) is 17.8 Å². The van der Waals surface area contributed by atoms with Crippen molar-refractivity contribution >= 4 is 39.5 Å².